The van der Waals surface area contributed by atoms with E-state index in [1.807, 2.05) is 0 Å². The lowest BCUT2D eigenvalue weighted by molar-refractivity contribution is -0.150. The number of unbranched alkanes of at least 4 members (excludes halogenated alkanes) is 24. The zero-order chi connectivity index (χ0) is 39.6. The normalized spacial score (nSPS) is 12.7. The molecule has 54 heavy (non-hydrogen) atoms. The number of carbonyl (C=O) groups excluding carboxylic acids is 2. The van der Waals surface area contributed by atoms with Gasteiger partial charge < -0.3 is 14.4 Å². The molecule has 0 saturated carbocycles. The van der Waals surface area contributed by atoms with E-state index in [-0.39, 0.29) is 23.8 Å². The van der Waals surface area contributed by atoms with Crippen LogP contribution in [0.4, 0.5) is 0 Å². The first-order chi connectivity index (χ1) is 26.5. The Morgan fingerprint density at radius 1 is 0.333 bits per heavy atom. The molecule has 0 N–H and O–H groups in total. The molecule has 0 aromatic carbocycles. The van der Waals surface area contributed by atoms with Gasteiger partial charge in [-0.15, -0.1) is 0 Å². The van der Waals surface area contributed by atoms with Crippen molar-refractivity contribution < 1.29 is 19.1 Å². The molecule has 2 unspecified atom stereocenters. The average molecular weight is 764 g/mol. The molecule has 0 heterocycles. The number of hydrogen-bond acceptors (Lipinski definition) is 5. The van der Waals surface area contributed by atoms with E-state index in [9.17, 15) is 9.59 Å². The lowest BCUT2D eigenvalue weighted by Crippen LogP contribution is -2.27. The fraction of sp³-hybridized carbons (Fsp3) is 0.959. The second-order valence-electron chi connectivity index (χ2n) is 16.9. The van der Waals surface area contributed by atoms with Gasteiger partial charge >= 0.3 is 11.9 Å². The number of carbonyl (C=O) groups is 2. The maximum absolute atomic E-state index is 13.0. The SMILES string of the molecule is CCCCCCCCC(CCCCCC)C(=O)OCCCCCCN(CCCCC)CCCCCCOC(=O)C(CCCCCC)CCCCCCCC. The first-order valence-electron chi connectivity index (χ1n) is 24.6. The zero-order valence-corrected chi connectivity index (χ0v) is 37.5. The van der Waals surface area contributed by atoms with Crippen LogP contribution in [-0.4, -0.2) is 49.7 Å². The van der Waals surface area contributed by atoms with Crippen molar-refractivity contribution in [2.45, 2.75) is 259 Å². The van der Waals surface area contributed by atoms with E-state index < -0.39 is 0 Å². The van der Waals surface area contributed by atoms with Gasteiger partial charge in [-0.25, -0.2) is 0 Å². The third-order valence-electron chi connectivity index (χ3n) is 11.6. The molecule has 0 bridgehead atoms. The monoisotopic (exact) mass is 764 g/mol. The number of rotatable bonds is 44. The Kier molecular flexibility index (Phi) is 42.2. The lowest BCUT2D eigenvalue weighted by Gasteiger charge is -2.22. The van der Waals surface area contributed by atoms with Crippen molar-refractivity contribution in [2.75, 3.05) is 32.8 Å². The van der Waals surface area contributed by atoms with E-state index in [1.54, 1.807) is 0 Å². The topological polar surface area (TPSA) is 55.8 Å². The van der Waals surface area contributed by atoms with Crippen LogP contribution in [0.3, 0.4) is 0 Å². The van der Waals surface area contributed by atoms with E-state index in [1.165, 1.54) is 180 Å². The predicted molar refractivity (Wildman–Crippen MR) is 235 cm³/mol. The van der Waals surface area contributed by atoms with Gasteiger partial charge in [-0.3, -0.25) is 9.59 Å². The summed E-state index contributed by atoms with van der Waals surface area (Å²) in [6.45, 7) is 16.1. The van der Waals surface area contributed by atoms with Gasteiger partial charge in [0, 0.05) is 0 Å². The van der Waals surface area contributed by atoms with Crippen LogP contribution in [0.5, 0.6) is 0 Å². The summed E-state index contributed by atoms with van der Waals surface area (Å²) < 4.78 is 11.7. The molecule has 5 heteroatoms. The van der Waals surface area contributed by atoms with Gasteiger partial charge in [0.05, 0.1) is 25.0 Å². The minimum atomic E-state index is 0.0748. The van der Waals surface area contributed by atoms with Crippen molar-refractivity contribution in [3.8, 4) is 0 Å². The average Bonchev–Trinajstić information content (AvgIpc) is 3.17. The Balaban J connectivity index is 4.36. The number of esters is 2. The van der Waals surface area contributed by atoms with Gasteiger partial charge in [0.2, 0.25) is 0 Å². The van der Waals surface area contributed by atoms with Crippen LogP contribution >= 0.6 is 0 Å². The molecule has 0 radical (unpaired) electrons. The summed E-state index contributed by atoms with van der Waals surface area (Å²) in [6, 6.07) is 0. The second-order valence-corrected chi connectivity index (χ2v) is 16.9. The zero-order valence-electron chi connectivity index (χ0n) is 37.5. The molecule has 0 aliphatic carbocycles. The van der Waals surface area contributed by atoms with Gasteiger partial charge in [-0.05, 0) is 77.4 Å². The van der Waals surface area contributed by atoms with E-state index >= 15 is 0 Å². The van der Waals surface area contributed by atoms with Crippen molar-refractivity contribution in [1.29, 1.82) is 0 Å². The van der Waals surface area contributed by atoms with Crippen molar-refractivity contribution in [2.24, 2.45) is 11.8 Å². The van der Waals surface area contributed by atoms with Gasteiger partial charge in [-0.2, -0.15) is 0 Å². The van der Waals surface area contributed by atoms with Crippen LogP contribution in [0.1, 0.15) is 259 Å². The van der Waals surface area contributed by atoms with Gasteiger partial charge in [0.15, 0.2) is 0 Å². The van der Waals surface area contributed by atoms with E-state index in [2.05, 4.69) is 39.5 Å². The Morgan fingerprint density at radius 2 is 0.574 bits per heavy atom. The Hall–Kier alpha value is -1.10. The number of hydrogen-bond donors (Lipinski definition) is 0. The first-order valence-corrected chi connectivity index (χ1v) is 24.6. The largest absolute Gasteiger partial charge is 0.465 e. The van der Waals surface area contributed by atoms with Gasteiger partial charge in [-0.1, -0.05) is 202 Å². The van der Waals surface area contributed by atoms with Crippen LogP contribution < -0.4 is 0 Å². The number of ether oxygens (including phenoxy) is 2. The molecule has 0 fully saturated rings. The molecule has 2 atom stereocenters. The molecule has 0 spiro atoms. The third-order valence-corrected chi connectivity index (χ3v) is 11.6. The molecule has 0 aromatic heterocycles. The van der Waals surface area contributed by atoms with Crippen molar-refractivity contribution in [3.63, 3.8) is 0 Å². The molecule has 0 saturated heterocycles. The van der Waals surface area contributed by atoms with Crippen molar-refractivity contribution in [1.82, 2.24) is 4.90 Å². The summed E-state index contributed by atoms with van der Waals surface area (Å²) in [5.74, 6) is 0.366. The van der Waals surface area contributed by atoms with Crippen molar-refractivity contribution >= 4 is 11.9 Å². The predicted octanol–water partition coefficient (Wildman–Crippen LogP) is 15.4. The minimum absolute atomic E-state index is 0.0748. The molecule has 0 amide bonds. The van der Waals surface area contributed by atoms with Crippen molar-refractivity contribution in [3.05, 3.63) is 0 Å². The highest BCUT2D eigenvalue weighted by molar-refractivity contribution is 5.72. The summed E-state index contributed by atoms with van der Waals surface area (Å²) in [5.41, 5.74) is 0. The minimum Gasteiger partial charge on any atom is -0.465 e. The van der Waals surface area contributed by atoms with Gasteiger partial charge in [0.1, 0.15) is 0 Å². The Morgan fingerprint density at radius 3 is 0.926 bits per heavy atom. The molecule has 0 rings (SSSR count). The third kappa shape index (κ3) is 35.3. The Labute approximate surface area is 339 Å². The highest BCUT2D eigenvalue weighted by Gasteiger charge is 2.20. The summed E-state index contributed by atoms with van der Waals surface area (Å²) >= 11 is 0. The van der Waals surface area contributed by atoms with Crippen LogP contribution in [0.15, 0.2) is 0 Å². The van der Waals surface area contributed by atoms with E-state index in [0.717, 1.165) is 64.2 Å². The summed E-state index contributed by atoms with van der Waals surface area (Å²) in [6.07, 6.45) is 42.2. The van der Waals surface area contributed by atoms with E-state index in [4.69, 9.17) is 9.47 Å². The quantitative estimate of drug-likeness (QED) is 0.0457. The molecule has 0 aliphatic heterocycles. The number of nitrogens with zero attached hydrogens (tertiary/aromatic N) is 1. The standard InChI is InChI=1S/C49H97NO4/c1-6-11-16-20-22-30-39-46(37-28-18-13-8-3)48(51)53-44-35-26-24-33-42-50(41-32-15-10-5)43-34-25-27-36-45-54-49(52)47(38-29-19-14-9-4)40-31-23-21-17-12-7-2/h46-47H,6-45H2,1-5H3. The van der Waals surface area contributed by atoms with E-state index in [0.29, 0.717) is 13.2 Å². The van der Waals surface area contributed by atoms with Crippen LogP contribution in [0.2, 0.25) is 0 Å². The Bertz CT molecular complexity index is 715. The summed E-state index contributed by atoms with van der Waals surface area (Å²) in [7, 11) is 0. The maximum atomic E-state index is 13.0. The first kappa shape index (κ1) is 52.9. The van der Waals surface area contributed by atoms with Gasteiger partial charge in [0.25, 0.3) is 0 Å². The molecule has 322 valence electrons. The highest BCUT2D eigenvalue weighted by atomic mass is 16.5. The van der Waals surface area contributed by atoms with Crippen LogP contribution in [0, 0.1) is 11.8 Å². The second kappa shape index (κ2) is 43.0. The highest BCUT2D eigenvalue weighted by Crippen LogP contribution is 2.22. The smallest absolute Gasteiger partial charge is 0.308 e. The van der Waals surface area contributed by atoms with Crippen LogP contribution in [0.25, 0.3) is 0 Å². The summed E-state index contributed by atoms with van der Waals surface area (Å²) in [4.78, 5) is 28.7. The summed E-state index contributed by atoms with van der Waals surface area (Å²) in [5, 5.41) is 0. The fourth-order valence-corrected chi connectivity index (χ4v) is 7.82. The molecule has 0 aliphatic rings. The molecular weight excluding hydrogens is 667 g/mol. The molecule has 5 nitrogen and oxygen atoms in total. The maximum Gasteiger partial charge on any atom is 0.308 e. The van der Waals surface area contributed by atoms with Crippen LogP contribution in [-0.2, 0) is 19.1 Å². The lowest BCUT2D eigenvalue weighted by atomic mass is 9.94. The fourth-order valence-electron chi connectivity index (χ4n) is 7.82. The molecular formula is C49H97NO4. The molecule has 0 aromatic rings.